The van der Waals surface area contributed by atoms with Crippen molar-refractivity contribution in [3.8, 4) is 0 Å². The van der Waals surface area contributed by atoms with Gasteiger partial charge in [-0.05, 0) is 41.0 Å². The fourth-order valence-corrected chi connectivity index (χ4v) is 5.40. The van der Waals surface area contributed by atoms with E-state index in [-0.39, 0.29) is 17.3 Å². The zero-order valence-corrected chi connectivity index (χ0v) is 17.4. The van der Waals surface area contributed by atoms with E-state index in [1.54, 1.807) is 18.2 Å². The molecule has 6 heteroatoms. The third kappa shape index (κ3) is 3.60. The maximum absolute atomic E-state index is 12.9. The molecule has 0 spiro atoms. The van der Waals surface area contributed by atoms with Gasteiger partial charge in [0.15, 0.2) is 0 Å². The van der Waals surface area contributed by atoms with Crippen LogP contribution in [-0.2, 0) is 21.2 Å². The molecule has 0 unspecified atom stereocenters. The second-order valence-corrected chi connectivity index (χ2v) is 9.47. The summed E-state index contributed by atoms with van der Waals surface area (Å²) in [6, 6.07) is 19.0. The summed E-state index contributed by atoms with van der Waals surface area (Å²) in [5.41, 5.74) is 2.99. The topological polar surface area (TPSA) is 66.5 Å². The van der Waals surface area contributed by atoms with Crippen molar-refractivity contribution in [2.24, 2.45) is 0 Å². The predicted octanol–water partition coefficient (Wildman–Crippen LogP) is 3.83. The van der Waals surface area contributed by atoms with Crippen LogP contribution in [0.4, 0.5) is 5.69 Å². The number of carbonyl (C=O) groups excluding carboxylic acids is 1. The van der Waals surface area contributed by atoms with Crippen LogP contribution in [0.1, 0.15) is 30.9 Å². The molecule has 0 aliphatic carbocycles. The molecule has 0 fully saturated rings. The Bertz CT molecular complexity index is 1160. The maximum Gasteiger partial charge on any atom is 0.265 e. The number of amides is 1. The Balaban J connectivity index is 1.42. The van der Waals surface area contributed by atoms with Crippen LogP contribution in [0, 0.1) is 0 Å². The van der Waals surface area contributed by atoms with Crippen LogP contribution in [-0.4, -0.2) is 27.4 Å². The van der Waals surface area contributed by atoms with Gasteiger partial charge < -0.3 is 5.32 Å². The lowest BCUT2D eigenvalue weighted by Gasteiger charge is -2.18. The molecule has 1 heterocycles. The van der Waals surface area contributed by atoms with Crippen LogP contribution in [0.5, 0.6) is 0 Å². The Morgan fingerprint density at radius 1 is 1.00 bits per heavy atom. The largest absolute Gasteiger partial charge is 0.354 e. The van der Waals surface area contributed by atoms with Gasteiger partial charge in [-0.2, -0.15) is 0 Å². The van der Waals surface area contributed by atoms with Gasteiger partial charge in [0.25, 0.3) is 10.0 Å². The van der Waals surface area contributed by atoms with Crippen LogP contribution in [0.15, 0.2) is 65.6 Å². The standard InChI is InChI=1S/C23H24N2O3S/c1-16(2)18-11-9-17(10-12-18)13-14-24-22(26)15-25-20-7-3-5-19-6-4-8-21(23(19)20)29(25,27)28/h3-12,16H,13-15H2,1-2H3,(H,24,26). The molecule has 3 aromatic rings. The molecule has 29 heavy (non-hydrogen) atoms. The highest BCUT2D eigenvalue weighted by atomic mass is 32.2. The first kappa shape index (κ1) is 19.5. The molecule has 3 aromatic carbocycles. The lowest BCUT2D eigenvalue weighted by Crippen LogP contribution is -2.39. The van der Waals surface area contributed by atoms with Gasteiger partial charge in [0.2, 0.25) is 5.91 Å². The Labute approximate surface area is 171 Å². The fourth-order valence-electron chi connectivity index (χ4n) is 3.73. The molecule has 5 nitrogen and oxygen atoms in total. The van der Waals surface area contributed by atoms with Gasteiger partial charge in [0.1, 0.15) is 6.54 Å². The third-order valence-electron chi connectivity index (χ3n) is 5.35. The van der Waals surface area contributed by atoms with Crippen molar-refractivity contribution in [1.82, 2.24) is 5.32 Å². The molecule has 0 atom stereocenters. The Hall–Kier alpha value is -2.86. The summed E-state index contributed by atoms with van der Waals surface area (Å²) < 4.78 is 27.1. The average molecular weight is 409 g/mol. The van der Waals surface area contributed by atoms with E-state index < -0.39 is 10.0 Å². The van der Waals surface area contributed by atoms with E-state index in [1.807, 2.05) is 18.2 Å². The summed E-state index contributed by atoms with van der Waals surface area (Å²) in [5.74, 6) is 0.178. The molecule has 1 N–H and O–H groups in total. The van der Waals surface area contributed by atoms with Gasteiger partial charge in [-0.25, -0.2) is 8.42 Å². The average Bonchev–Trinajstić information content (AvgIpc) is 2.92. The number of rotatable bonds is 6. The Morgan fingerprint density at radius 2 is 1.69 bits per heavy atom. The van der Waals surface area contributed by atoms with Crippen LogP contribution in [0.3, 0.4) is 0 Å². The third-order valence-corrected chi connectivity index (χ3v) is 7.15. The first-order valence-electron chi connectivity index (χ1n) is 9.78. The molecular formula is C23H24N2O3S. The molecule has 150 valence electrons. The van der Waals surface area contributed by atoms with Crippen molar-refractivity contribution in [1.29, 1.82) is 0 Å². The molecule has 4 rings (SSSR count). The molecule has 1 amide bonds. The number of hydrogen-bond acceptors (Lipinski definition) is 3. The van der Waals surface area contributed by atoms with Crippen molar-refractivity contribution < 1.29 is 13.2 Å². The van der Waals surface area contributed by atoms with E-state index >= 15 is 0 Å². The van der Waals surface area contributed by atoms with Gasteiger partial charge in [0, 0.05) is 11.9 Å². The molecule has 0 saturated heterocycles. The lowest BCUT2D eigenvalue weighted by molar-refractivity contribution is -0.119. The summed E-state index contributed by atoms with van der Waals surface area (Å²) in [7, 11) is -3.71. The molecule has 0 radical (unpaired) electrons. The monoisotopic (exact) mass is 408 g/mol. The number of sulfonamides is 1. The summed E-state index contributed by atoms with van der Waals surface area (Å²) >= 11 is 0. The van der Waals surface area contributed by atoms with Gasteiger partial charge in [-0.15, -0.1) is 0 Å². The van der Waals surface area contributed by atoms with Crippen LogP contribution in [0.2, 0.25) is 0 Å². The van der Waals surface area contributed by atoms with Gasteiger partial charge in [0.05, 0.1) is 10.6 Å². The van der Waals surface area contributed by atoms with Gasteiger partial charge in [-0.3, -0.25) is 9.10 Å². The summed E-state index contributed by atoms with van der Waals surface area (Å²) in [6.07, 6.45) is 0.701. The van der Waals surface area contributed by atoms with E-state index in [4.69, 9.17) is 0 Å². The van der Waals surface area contributed by atoms with E-state index in [1.165, 1.54) is 9.87 Å². The highest BCUT2D eigenvalue weighted by molar-refractivity contribution is 7.93. The summed E-state index contributed by atoms with van der Waals surface area (Å²) in [6.45, 7) is 4.55. The maximum atomic E-state index is 12.9. The molecular weight excluding hydrogens is 384 g/mol. The van der Waals surface area contributed by atoms with Crippen molar-refractivity contribution >= 4 is 32.4 Å². The van der Waals surface area contributed by atoms with Gasteiger partial charge >= 0.3 is 0 Å². The Morgan fingerprint density at radius 3 is 2.38 bits per heavy atom. The fraction of sp³-hybridized carbons (Fsp3) is 0.261. The zero-order chi connectivity index (χ0) is 20.6. The molecule has 0 aromatic heterocycles. The number of carbonyl (C=O) groups is 1. The van der Waals surface area contributed by atoms with Crippen LogP contribution < -0.4 is 9.62 Å². The molecule has 0 saturated carbocycles. The highest BCUT2D eigenvalue weighted by Gasteiger charge is 2.36. The molecule has 1 aliphatic rings. The second-order valence-electron chi connectivity index (χ2n) is 7.64. The summed E-state index contributed by atoms with van der Waals surface area (Å²) in [4.78, 5) is 12.7. The number of anilines is 1. The molecule has 0 bridgehead atoms. The van der Waals surface area contributed by atoms with Crippen molar-refractivity contribution in [3.05, 3.63) is 71.8 Å². The van der Waals surface area contributed by atoms with Crippen molar-refractivity contribution in [2.45, 2.75) is 31.1 Å². The van der Waals surface area contributed by atoms with Gasteiger partial charge in [-0.1, -0.05) is 62.4 Å². The van der Waals surface area contributed by atoms with E-state index in [2.05, 4.69) is 43.4 Å². The smallest absolute Gasteiger partial charge is 0.265 e. The lowest BCUT2D eigenvalue weighted by atomic mass is 10.0. The first-order valence-corrected chi connectivity index (χ1v) is 11.2. The number of nitrogens with zero attached hydrogens (tertiary/aromatic N) is 1. The Kier molecular flexibility index (Phi) is 5.04. The molecule has 1 aliphatic heterocycles. The SMILES string of the molecule is CC(C)c1ccc(CCNC(=O)CN2c3cccc4cccc(c34)S2(=O)=O)cc1. The second kappa shape index (κ2) is 7.52. The first-order chi connectivity index (χ1) is 13.9. The van der Waals surface area contributed by atoms with E-state index in [9.17, 15) is 13.2 Å². The summed E-state index contributed by atoms with van der Waals surface area (Å²) in [5, 5.41) is 4.39. The minimum Gasteiger partial charge on any atom is -0.354 e. The zero-order valence-electron chi connectivity index (χ0n) is 16.6. The van der Waals surface area contributed by atoms with E-state index in [0.29, 0.717) is 30.0 Å². The minimum absolute atomic E-state index is 0.220. The van der Waals surface area contributed by atoms with Crippen LogP contribution >= 0.6 is 0 Å². The van der Waals surface area contributed by atoms with E-state index in [0.717, 1.165) is 10.9 Å². The predicted molar refractivity (Wildman–Crippen MR) is 116 cm³/mol. The number of nitrogens with one attached hydrogen (secondary N) is 1. The van der Waals surface area contributed by atoms with Crippen molar-refractivity contribution in [3.63, 3.8) is 0 Å². The number of benzene rings is 3. The number of hydrogen-bond donors (Lipinski definition) is 1. The quantitative estimate of drug-likeness (QED) is 0.674. The minimum atomic E-state index is -3.71. The van der Waals surface area contributed by atoms with Crippen molar-refractivity contribution in [2.75, 3.05) is 17.4 Å². The van der Waals surface area contributed by atoms with Crippen LogP contribution in [0.25, 0.3) is 10.8 Å². The normalized spacial score (nSPS) is 14.5. The highest BCUT2D eigenvalue weighted by Crippen LogP contribution is 2.41.